The average molecular weight is 294 g/mol. The Morgan fingerprint density at radius 3 is 2.55 bits per heavy atom. The Kier molecular flexibility index (Phi) is 3.94. The van der Waals surface area contributed by atoms with Crippen LogP contribution < -0.4 is 5.32 Å². The summed E-state index contributed by atoms with van der Waals surface area (Å²) < 4.78 is 2.03. The first kappa shape index (κ1) is 14.7. The van der Waals surface area contributed by atoms with Crippen molar-refractivity contribution < 1.29 is 0 Å². The van der Waals surface area contributed by atoms with Crippen LogP contribution >= 0.6 is 0 Å². The lowest BCUT2D eigenvalue weighted by Crippen LogP contribution is -2.21. The summed E-state index contributed by atoms with van der Waals surface area (Å²) in [6.07, 6.45) is 2.01. The number of pyridine rings is 1. The maximum Gasteiger partial charge on any atom is 0.160 e. The highest BCUT2D eigenvalue weighted by Crippen LogP contribution is 2.18. The van der Waals surface area contributed by atoms with Crippen LogP contribution in [0, 0.1) is 20.8 Å². The van der Waals surface area contributed by atoms with Crippen LogP contribution in [0.3, 0.4) is 0 Å². The van der Waals surface area contributed by atoms with Crippen molar-refractivity contribution in [3.8, 4) is 0 Å². The van der Waals surface area contributed by atoms with Crippen molar-refractivity contribution in [1.29, 1.82) is 0 Å². The zero-order valence-electron chi connectivity index (χ0n) is 13.6. The Labute approximate surface area is 131 Å². The van der Waals surface area contributed by atoms with E-state index in [0.717, 1.165) is 18.0 Å². The number of hydrogen-bond donors (Lipinski definition) is 1. The Bertz CT molecular complexity index is 781. The molecule has 0 fully saturated rings. The number of rotatable bonds is 4. The molecule has 0 unspecified atom stereocenters. The van der Waals surface area contributed by atoms with Gasteiger partial charge in [-0.1, -0.05) is 23.8 Å². The quantitative estimate of drug-likeness (QED) is 0.800. The predicted molar refractivity (Wildman–Crippen MR) is 88.9 cm³/mol. The Morgan fingerprint density at radius 1 is 1.09 bits per heavy atom. The van der Waals surface area contributed by atoms with E-state index in [1.807, 2.05) is 28.8 Å². The molecule has 22 heavy (non-hydrogen) atoms. The van der Waals surface area contributed by atoms with Crippen LogP contribution in [0.2, 0.25) is 0 Å². The molecule has 0 spiro atoms. The van der Waals surface area contributed by atoms with E-state index < -0.39 is 0 Å². The fourth-order valence-corrected chi connectivity index (χ4v) is 2.99. The maximum atomic E-state index is 4.32. The summed E-state index contributed by atoms with van der Waals surface area (Å²) in [5.41, 5.74) is 6.24. The lowest BCUT2D eigenvalue weighted by atomic mass is 9.99. The first-order chi connectivity index (χ1) is 10.6. The summed E-state index contributed by atoms with van der Waals surface area (Å²) in [5.74, 6) is 0.943. The van der Waals surface area contributed by atoms with E-state index in [2.05, 4.69) is 55.3 Å². The van der Waals surface area contributed by atoms with E-state index in [4.69, 9.17) is 0 Å². The topological polar surface area (TPSA) is 42.2 Å². The SMILES string of the molecule is Cc1cc(C)c(CN[C@@H](C)c2nnc3ccccn23)c(C)c1. The van der Waals surface area contributed by atoms with Crippen LogP contribution in [0.5, 0.6) is 0 Å². The summed E-state index contributed by atoms with van der Waals surface area (Å²) in [6.45, 7) is 9.45. The van der Waals surface area contributed by atoms with E-state index in [0.29, 0.717) is 0 Å². The van der Waals surface area contributed by atoms with Crippen molar-refractivity contribution in [2.75, 3.05) is 0 Å². The van der Waals surface area contributed by atoms with Gasteiger partial charge in [-0.05, 0) is 56.5 Å². The van der Waals surface area contributed by atoms with Crippen molar-refractivity contribution in [3.63, 3.8) is 0 Å². The molecule has 0 aliphatic heterocycles. The molecule has 114 valence electrons. The lowest BCUT2D eigenvalue weighted by Gasteiger charge is -2.16. The summed E-state index contributed by atoms with van der Waals surface area (Å²) >= 11 is 0. The number of fused-ring (bicyclic) bond motifs is 1. The van der Waals surface area contributed by atoms with Gasteiger partial charge in [-0.3, -0.25) is 4.40 Å². The minimum Gasteiger partial charge on any atom is -0.303 e. The number of hydrogen-bond acceptors (Lipinski definition) is 3. The summed E-state index contributed by atoms with van der Waals surface area (Å²) in [7, 11) is 0. The van der Waals surface area contributed by atoms with E-state index >= 15 is 0 Å². The summed E-state index contributed by atoms with van der Waals surface area (Å²) in [5, 5.41) is 12.1. The first-order valence-corrected chi connectivity index (χ1v) is 7.66. The van der Waals surface area contributed by atoms with Crippen LogP contribution in [0.4, 0.5) is 0 Å². The van der Waals surface area contributed by atoms with Crippen molar-refractivity contribution >= 4 is 5.65 Å². The van der Waals surface area contributed by atoms with Gasteiger partial charge in [0.25, 0.3) is 0 Å². The van der Waals surface area contributed by atoms with Gasteiger partial charge in [0.2, 0.25) is 0 Å². The number of aromatic nitrogens is 3. The molecule has 0 amide bonds. The standard InChI is InChI=1S/C18H22N4/c1-12-9-13(2)16(14(3)10-12)11-19-15(4)18-21-20-17-7-5-6-8-22(17)18/h5-10,15,19H,11H2,1-4H3/t15-/m0/s1. The second-order valence-corrected chi connectivity index (χ2v) is 5.97. The van der Waals surface area contributed by atoms with Crippen molar-refractivity contribution in [1.82, 2.24) is 19.9 Å². The number of nitrogens with one attached hydrogen (secondary N) is 1. The fraction of sp³-hybridized carbons (Fsp3) is 0.333. The van der Waals surface area contributed by atoms with Gasteiger partial charge < -0.3 is 5.32 Å². The molecule has 0 saturated heterocycles. The van der Waals surface area contributed by atoms with Gasteiger partial charge in [0.05, 0.1) is 6.04 Å². The molecule has 3 aromatic rings. The molecule has 0 aliphatic rings. The molecule has 0 aliphatic carbocycles. The van der Waals surface area contributed by atoms with Gasteiger partial charge >= 0.3 is 0 Å². The monoisotopic (exact) mass is 294 g/mol. The second kappa shape index (κ2) is 5.89. The normalized spacial score (nSPS) is 12.7. The minimum atomic E-state index is 0.137. The minimum absolute atomic E-state index is 0.137. The molecule has 4 nitrogen and oxygen atoms in total. The Hall–Kier alpha value is -2.20. The van der Waals surface area contributed by atoms with Crippen LogP contribution in [0.15, 0.2) is 36.5 Å². The second-order valence-electron chi connectivity index (χ2n) is 5.97. The number of nitrogens with zero attached hydrogens (tertiary/aromatic N) is 3. The molecule has 1 aromatic carbocycles. The predicted octanol–water partition coefficient (Wildman–Crippen LogP) is 3.51. The third-order valence-electron chi connectivity index (χ3n) is 4.15. The lowest BCUT2D eigenvalue weighted by molar-refractivity contribution is 0.539. The maximum absolute atomic E-state index is 4.32. The Morgan fingerprint density at radius 2 is 1.82 bits per heavy atom. The molecule has 2 heterocycles. The van der Waals surface area contributed by atoms with E-state index in [1.54, 1.807) is 0 Å². The molecule has 3 rings (SSSR count). The van der Waals surface area contributed by atoms with Gasteiger partial charge in [-0.25, -0.2) is 0 Å². The van der Waals surface area contributed by atoms with Crippen LogP contribution in [-0.4, -0.2) is 14.6 Å². The molecule has 0 bridgehead atoms. The zero-order valence-corrected chi connectivity index (χ0v) is 13.6. The Balaban J connectivity index is 1.79. The van der Waals surface area contributed by atoms with Gasteiger partial charge in [0.15, 0.2) is 11.5 Å². The number of aryl methyl sites for hydroxylation is 3. The molecule has 0 saturated carbocycles. The van der Waals surface area contributed by atoms with Crippen LogP contribution in [0.25, 0.3) is 5.65 Å². The molecular formula is C18H22N4. The fourth-order valence-electron chi connectivity index (χ4n) is 2.99. The molecule has 0 radical (unpaired) electrons. The summed E-state index contributed by atoms with van der Waals surface area (Å²) in [6, 6.07) is 10.6. The van der Waals surface area contributed by atoms with E-state index in [1.165, 1.54) is 22.3 Å². The highest BCUT2D eigenvalue weighted by atomic mass is 15.3. The number of benzene rings is 1. The van der Waals surface area contributed by atoms with Gasteiger partial charge in [0, 0.05) is 12.7 Å². The van der Waals surface area contributed by atoms with Gasteiger partial charge in [-0.15, -0.1) is 10.2 Å². The average Bonchev–Trinajstić information content (AvgIpc) is 2.90. The van der Waals surface area contributed by atoms with E-state index in [9.17, 15) is 0 Å². The molecule has 1 N–H and O–H groups in total. The van der Waals surface area contributed by atoms with Crippen molar-refractivity contribution in [2.45, 2.75) is 40.3 Å². The summed E-state index contributed by atoms with van der Waals surface area (Å²) in [4.78, 5) is 0. The van der Waals surface area contributed by atoms with Crippen LogP contribution in [-0.2, 0) is 6.54 Å². The van der Waals surface area contributed by atoms with Gasteiger partial charge in [-0.2, -0.15) is 0 Å². The third kappa shape index (κ3) is 2.74. The largest absolute Gasteiger partial charge is 0.303 e. The molecule has 4 heteroatoms. The van der Waals surface area contributed by atoms with Crippen molar-refractivity contribution in [2.24, 2.45) is 0 Å². The highest BCUT2D eigenvalue weighted by molar-refractivity contribution is 5.38. The zero-order chi connectivity index (χ0) is 15.7. The van der Waals surface area contributed by atoms with Crippen LogP contribution in [0.1, 0.15) is 41.0 Å². The molecule has 2 aromatic heterocycles. The highest BCUT2D eigenvalue weighted by Gasteiger charge is 2.13. The smallest absolute Gasteiger partial charge is 0.160 e. The van der Waals surface area contributed by atoms with Gasteiger partial charge in [0.1, 0.15) is 0 Å². The molecule has 1 atom stereocenters. The van der Waals surface area contributed by atoms with E-state index in [-0.39, 0.29) is 6.04 Å². The van der Waals surface area contributed by atoms with Crippen molar-refractivity contribution in [3.05, 3.63) is 64.6 Å². The molecular weight excluding hydrogens is 272 g/mol. The third-order valence-corrected chi connectivity index (χ3v) is 4.15. The first-order valence-electron chi connectivity index (χ1n) is 7.66.